The molecular weight excluding hydrogens is 458 g/mol. The molecule has 3 amide bonds. The van der Waals surface area contributed by atoms with Crippen molar-refractivity contribution in [2.75, 3.05) is 32.8 Å². The molecule has 2 fully saturated rings. The molecule has 0 saturated carbocycles. The highest BCUT2D eigenvalue weighted by atomic mass is 16.5. The molecule has 1 spiro atoms. The molecule has 1 unspecified atom stereocenters. The van der Waals surface area contributed by atoms with Crippen LogP contribution in [0.15, 0.2) is 24.3 Å². The molecular formula is C28H43N3O5. The molecule has 0 aromatic carbocycles. The number of amides is 3. The number of hydrogen-bond donors (Lipinski definition) is 1. The highest BCUT2D eigenvalue weighted by Gasteiger charge is 2.75. The molecule has 200 valence electrons. The van der Waals surface area contributed by atoms with E-state index in [1.165, 1.54) is 0 Å². The summed E-state index contributed by atoms with van der Waals surface area (Å²) < 4.78 is 6.83. The summed E-state index contributed by atoms with van der Waals surface area (Å²) in [7, 11) is 0. The summed E-state index contributed by atoms with van der Waals surface area (Å²) in [5.41, 5.74) is -2.26. The Balaban J connectivity index is 1.84. The minimum Gasteiger partial charge on any atom is -0.394 e. The van der Waals surface area contributed by atoms with Gasteiger partial charge in [0.25, 0.3) is 0 Å². The smallest absolute Gasteiger partial charge is 0.249 e. The summed E-state index contributed by atoms with van der Waals surface area (Å²) in [6.45, 7) is 11.8. The molecule has 0 aliphatic carbocycles. The topological polar surface area (TPSA) is 90.4 Å². The molecule has 4 rings (SSSR count). The third-order valence-electron chi connectivity index (χ3n) is 8.50. The second-order valence-corrected chi connectivity index (χ2v) is 11.3. The number of likely N-dealkylation sites (tertiary alicyclic amines) is 1. The van der Waals surface area contributed by atoms with E-state index in [9.17, 15) is 19.5 Å². The van der Waals surface area contributed by atoms with Crippen LogP contribution in [0.25, 0.3) is 0 Å². The minimum atomic E-state index is -1.26. The molecule has 4 aliphatic rings. The zero-order valence-corrected chi connectivity index (χ0v) is 22.5. The lowest BCUT2D eigenvalue weighted by molar-refractivity contribution is -0.156. The summed E-state index contributed by atoms with van der Waals surface area (Å²) in [5, 5.41) is 10.3. The fraction of sp³-hybridized carbons (Fsp3) is 0.750. The van der Waals surface area contributed by atoms with E-state index in [2.05, 4.69) is 6.92 Å². The Morgan fingerprint density at radius 3 is 2.22 bits per heavy atom. The average Bonchev–Trinajstić information content (AvgIpc) is 3.10. The van der Waals surface area contributed by atoms with Gasteiger partial charge >= 0.3 is 0 Å². The van der Waals surface area contributed by atoms with E-state index < -0.39 is 35.1 Å². The first-order valence-corrected chi connectivity index (χ1v) is 13.7. The Bertz CT molecular complexity index is 932. The summed E-state index contributed by atoms with van der Waals surface area (Å²) in [4.78, 5) is 47.6. The number of rotatable bonds is 9. The molecule has 2 saturated heterocycles. The largest absolute Gasteiger partial charge is 0.394 e. The van der Waals surface area contributed by atoms with Gasteiger partial charge in [-0.3, -0.25) is 14.4 Å². The van der Waals surface area contributed by atoms with Crippen molar-refractivity contribution >= 4 is 17.7 Å². The van der Waals surface area contributed by atoms with Gasteiger partial charge in [-0.2, -0.15) is 0 Å². The van der Waals surface area contributed by atoms with Crippen LogP contribution in [0.2, 0.25) is 0 Å². The predicted octanol–water partition coefficient (Wildman–Crippen LogP) is 2.37. The van der Waals surface area contributed by atoms with E-state index in [-0.39, 0.29) is 30.2 Å². The lowest BCUT2D eigenvalue weighted by Crippen LogP contribution is -2.59. The van der Waals surface area contributed by atoms with Gasteiger partial charge in [0, 0.05) is 26.2 Å². The monoisotopic (exact) mass is 501 g/mol. The standard InChI is InChI=1S/C28H43N3O5/c1-6-8-9-15-30-17-11-13-28-22(25(34)31(23(28)26(30)35)20(18-32)19(3)4)21-24(33)29(14-7-2)16-10-12-27(21,5)36-28/h10-13,19-23,32H,6-9,14-18H2,1-5H3/t20-,21+,22-,23?,27-,28-/m0/s1. The number of unbranched alkanes of at least 4 members (excludes halogenated alkanes) is 2. The third kappa shape index (κ3) is 4.10. The van der Waals surface area contributed by atoms with Crippen molar-refractivity contribution in [3.8, 4) is 0 Å². The van der Waals surface area contributed by atoms with Gasteiger partial charge in [-0.15, -0.1) is 0 Å². The zero-order chi connectivity index (χ0) is 26.3. The SMILES string of the molecule is CCCCCN1CC=C[C@]23O[C@@]4(C)C=CCN(CCC)C(=O)[C@H]4[C@H]2C(=O)N([C@@H](CO)C(C)C)C3C1=O. The van der Waals surface area contributed by atoms with E-state index >= 15 is 0 Å². The van der Waals surface area contributed by atoms with Crippen LogP contribution >= 0.6 is 0 Å². The maximum Gasteiger partial charge on any atom is 0.249 e. The number of ether oxygens (including phenoxy) is 1. The number of nitrogens with zero attached hydrogens (tertiary/aromatic N) is 3. The Labute approximate surface area is 215 Å². The fourth-order valence-electron chi connectivity index (χ4n) is 6.76. The minimum absolute atomic E-state index is 0.0731. The van der Waals surface area contributed by atoms with E-state index in [0.717, 1.165) is 25.7 Å². The number of carbonyl (C=O) groups excluding carboxylic acids is 3. The Kier molecular flexibility index (Phi) is 7.68. The van der Waals surface area contributed by atoms with Crippen LogP contribution in [-0.4, -0.2) is 93.6 Å². The van der Waals surface area contributed by atoms with Crippen molar-refractivity contribution in [2.24, 2.45) is 17.8 Å². The lowest BCUT2D eigenvalue weighted by Gasteiger charge is -2.41. The second kappa shape index (κ2) is 10.3. The summed E-state index contributed by atoms with van der Waals surface area (Å²) >= 11 is 0. The Hall–Kier alpha value is -2.19. The Morgan fingerprint density at radius 1 is 0.944 bits per heavy atom. The molecule has 36 heavy (non-hydrogen) atoms. The highest BCUT2D eigenvalue weighted by Crippen LogP contribution is 2.58. The molecule has 1 N–H and O–H groups in total. The number of carbonyl (C=O) groups is 3. The van der Waals surface area contributed by atoms with Crippen LogP contribution in [0.4, 0.5) is 0 Å². The molecule has 4 aliphatic heterocycles. The van der Waals surface area contributed by atoms with Crippen molar-refractivity contribution in [1.29, 1.82) is 0 Å². The quantitative estimate of drug-likeness (QED) is 0.387. The summed E-state index contributed by atoms with van der Waals surface area (Å²) in [6.07, 6.45) is 11.4. The number of hydrogen-bond acceptors (Lipinski definition) is 5. The van der Waals surface area contributed by atoms with Crippen molar-refractivity contribution in [2.45, 2.75) is 83.6 Å². The van der Waals surface area contributed by atoms with E-state index in [4.69, 9.17) is 4.74 Å². The van der Waals surface area contributed by atoms with E-state index in [0.29, 0.717) is 26.2 Å². The molecule has 0 aromatic rings. The third-order valence-corrected chi connectivity index (χ3v) is 8.50. The van der Waals surface area contributed by atoms with Gasteiger partial charge in [-0.25, -0.2) is 0 Å². The van der Waals surface area contributed by atoms with Gasteiger partial charge in [0.05, 0.1) is 30.1 Å². The first-order valence-electron chi connectivity index (χ1n) is 13.7. The molecule has 4 heterocycles. The van der Waals surface area contributed by atoms with Crippen LogP contribution in [-0.2, 0) is 19.1 Å². The number of fused-ring (bicyclic) bond motifs is 2. The maximum atomic E-state index is 14.3. The van der Waals surface area contributed by atoms with Gasteiger partial charge in [0.2, 0.25) is 17.7 Å². The molecule has 6 atom stereocenters. The van der Waals surface area contributed by atoms with Gasteiger partial charge in [-0.1, -0.05) is 64.8 Å². The van der Waals surface area contributed by atoms with Crippen molar-refractivity contribution in [1.82, 2.24) is 14.7 Å². The zero-order valence-electron chi connectivity index (χ0n) is 22.5. The predicted molar refractivity (Wildman–Crippen MR) is 137 cm³/mol. The lowest BCUT2D eigenvalue weighted by atomic mass is 9.74. The molecule has 0 radical (unpaired) electrons. The molecule has 8 nitrogen and oxygen atoms in total. The van der Waals surface area contributed by atoms with Crippen molar-refractivity contribution < 1.29 is 24.2 Å². The van der Waals surface area contributed by atoms with E-state index in [1.54, 1.807) is 9.80 Å². The fourth-order valence-corrected chi connectivity index (χ4v) is 6.76. The van der Waals surface area contributed by atoms with Crippen molar-refractivity contribution in [3.63, 3.8) is 0 Å². The van der Waals surface area contributed by atoms with Gasteiger partial charge in [-0.05, 0) is 25.7 Å². The Morgan fingerprint density at radius 2 is 1.61 bits per heavy atom. The van der Waals surface area contributed by atoms with Crippen LogP contribution < -0.4 is 0 Å². The normalized spacial score (nSPS) is 34.7. The summed E-state index contributed by atoms with van der Waals surface area (Å²) in [6, 6.07) is -1.46. The van der Waals surface area contributed by atoms with E-state index in [1.807, 2.05) is 56.9 Å². The molecule has 0 aromatic heterocycles. The van der Waals surface area contributed by atoms with Crippen LogP contribution in [0.3, 0.4) is 0 Å². The van der Waals surface area contributed by atoms with Crippen LogP contribution in [0.1, 0.15) is 60.3 Å². The van der Waals surface area contributed by atoms with Gasteiger partial charge < -0.3 is 24.5 Å². The van der Waals surface area contributed by atoms with Crippen LogP contribution in [0.5, 0.6) is 0 Å². The van der Waals surface area contributed by atoms with Gasteiger partial charge in [0.15, 0.2) is 0 Å². The maximum absolute atomic E-state index is 14.3. The van der Waals surface area contributed by atoms with Crippen molar-refractivity contribution in [3.05, 3.63) is 24.3 Å². The second-order valence-electron chi connectivity index (χ2n) is 11.3. The van der Waals surface area contributed by atoms with Gasteiger partial charge in [0.1, 0.15) is 11.6 Å². The number of aliphatic hydroxyl groups excluding tert-OH is 1. The average molecular weight is 502 g/mol. The highest BCUT2D eigenvalue weighted by molar-refractivity contribution is 6.00. The summed E-state index contributed by atoms with van der Waals surface area (Å²) in [5.74, 6) is -2.17. The number of aliphatic hydroxyl groups is 1. The first kappa shape index (κ1) is 26.9. The van der Waals surface area contributed by atoms with Crippen LogP contribution in [0, 0.1) is 17.8 Å². The molecule has 0 bridgehead atoms. The first-order chi connectivity index (χ1) is 17.2. The molecule has 8 heteroatoms.